The number of hydrogen-bond acceptors (Lipinski definition) is 3. The van der Waals surface area contributed by atoms with Gasteiger partial charge in [0.15, 0.2) is 0 Å². The summed E-state index contributed by atoms with van der Waals surface area (Å²) in [5, 5.41) is 0. The number of hydrogen-bond donors (Lipinski definition) is 0. The van der Waals surface area contributed by atoms with Crippen molar-refractivity contribution in [3.05, 3.63) is 0 Å². The Kier molecular flexibility index (Phi) is 6.74. The van der Waals surface area contributed by atoms with Crippen LogP contribution < -0.4 is 0 Å². The van der Waals surface area contributed by atoms with Crippen molar-refractivity contribution in [1.82, 2.24) is 0 Å². The molecule has 3 heteroatoms. The summed E-state index contributed by atoms with van der Waals surface area (Å²) < 4.78 is 12.7. The Morgan fingerprint density at radius 1 is 0.625 bits per heavy atom. The number of rotatable bonds is 5. The Hall–Kier alpha value is -0.410. The molecular weight excluding hydrogens is 300 g/mol. The molecule has 0 spiro atoms. The van der Waals surface area contributed by atoms with E-state index in [0.29, 0.717) is 36.1 Å². The zero-order valence-corrected chi connectivity index (χ0v) is 15.7. The number of carbonyl (C=O) groups excluding carboxylic acids is 1. The molecule has 3 fully saturated rings. The van der Waals surface area contributed by atoms with Crippen LogP contribution in [0.2, 0.25) is 0 Å². The standard InChI is InChI=1S/C21H36O3/c1-15-3-7-18(8-4-15)23-20-11-13-21(14-12-20)24-19-9-5-17(6-10-19)16(2)22/h15,17-21H,3-14H2,1-2H3. The molecule has 138 valence electrons. The van der Waals surface area contributed by atoms with E-state index in [1.165, 1.54) is 38.5 Å². The fraction of sp³-hybridized carbons (Fsp3) is 0.952. The van der Waals surface area contributed by atoms with E-state index < -0.39 is 0 Å². The van der Waals surface area contributed by atoms with Gasteiger partial charge in [-0.1, -0.05) is 6.92 Å². The molecule has 0 saturated heterocycles. The van der Waals surface area contributed by atoms with Crippen LogP contribution in [0.5, 0.6) is 0 Å². The van der Waals surface area contributed by atoms with Crippen molar-refractivity contribution < 1.29 is 14.3 Å². The Morgan fingerprint density at radius 3 is 1.33 bits per heavy atom. The number of ketones is 1. The van der Waals surface area contributed by atoms with Crippen LogP contribution >= 0.6 is 0 Å². The average molecular weight is 337 g/mol. The van der Waals surface area contributed by atoms with Gasteiger partial charge in [0.1, 0.15) is 5.78 Å². The molecule has 0 aromatic heterocycles. The van der Waals surface area contributed by atoms with Crippen LogP contribution in [0.3, 0.4) is 0 Å². The smallest absolute Gasteiger partial charge is 0.132 e. The molecule has 3 nitrogen and oxygen atoms in total. The van der Waals surface area contributed by atoms with Crippen LogP contribution in [0.1, 0.15) is 90.9 Å². The van der Waals surface area contributed by atoms with Crippen molar-refractivity contribution >= 4 is 5.78 Å². The van der Waals surface area contributed by atoms with E-state index >= 15 is 0 Å². The molecule has 0 aromatic rings. The molecule has 24 heavy (non-hydrogen) atoms. The van der Waals surface area contributed by atoms with Gasteiger partial charge in [-0.25, -0.2) is 0 Å². The van der Waals surface area contributed by atoms with Gasteiger partial charge in [-0.2, -0.15) is 0 Å². The summed E-state index contributed by atoms with van der Waals surface area (Å²) in [6.45, 7) is 4.10. The fourth-order valence-electron chi connectivity index (χ4n) is 4.82. The minimum atomic E-state index is 0.298. The van der Waals surface area contributed by atoms with Gasteiger partial charge in [0, 0.05) is 5.92 Å². The Morgan fingerprint density at radius 2 is 0.958 bits per heavy atom. The van der Waals surface area contributed by atoms with E-state index in [9.17, 15) is 4.79 Å². The third kappa shape index (κ3) is 5.29. The lowest BCUT2D eigenvalue weighted by molar-refractivity contribution is -0.124. The second-order valence-corrected chi connectivity index (χ2v) is 8.64. The molecule has 3 saturated carbocycles. The van der Waals surface area contributed by atoms with Crippen LogP contribution in [0.25, 0.3) is 0 Å². The summed E-state index contributed by atoms with van der Waals surface area (Å²) in [5.74, 6) is 1.56. The molecule has 0 bridgehead atoms. The third-order valence-corrected chi connectivity index (χ3v) is 6.60. The Labute approximate surface area is 147 Å². The Balaban J connectivity index is 1.32. The largest absolute Gasteiger partial charge is 0.375 e. The predicted molar refractivity (Wildman–Crippen MR) is 96.1 cm³/mol. The molecule has 3 aliphatic carbocycles. The van der Waals surface area contributed by atoms with Crippen molar-refractivity contribution in [1.29, 1.82) is 0 Å². The minimum absolute atomic E-state index is 0.298. The minimum Gasteiger partial charge on any atom is -0.375 e. The number of carbonyl (C=O) groups is 1. The molecule has 3 aliphatic rings. The van der Waals surface area contributed by atoms with Gasteiger partial charge < -0.3 is 9.47 Å². The highest BCUT2D eigenvalue weighted by atomic mass is 16.5. The molecule has 0 N–H and O–H groups in total. The van der Waals surface area contributed by atoms with Crippen molar-refractivity contribution in [3.8, 4) is 0 Å². The molecule has 3 rings (SSSR count). The number of Topliss-reactive ketones (excluding diaryl/α,β-unsaturated/α-hetero) is 1. The van der Waals surface area contributed by atoms with E-state index in [1.807, 2.05) is 0 Å². The third-order valence-electron chi connectivity index (χ3n) is 6.60. The zero-order chi connectivity index (χ0) is 16.9. The van der Waals surface area contributed by atoms with Gasteiger partial charge in [-0.15, -0.1) is 0 Å². The normalized spacial score (nSPS) is 41.1. The van der Waals surface area contributed by atoms with Crippen LogP contribution in [0.4, 0.5) is 0 Å². The summed E-state index contributed by atoms with van der Waals surface area (Å²) in [5.41, 5.74) is 0. The van der Waals surface area contributed by atoms with Gasteiger partial charge in [-0.3, -0.25) is 4.79 Å². The lowest BCUT2D eigenvalue weighted by atomic mass is 9.84. The van der Waals surface area contributed by atoms with Crippen molar-refractivity contribution in [2.24, 2.45) is 11.8 Å². The maximum atomic E-state index is 11.5. The molecule has 0 radical (unpaired) electrons. The van der Waals surface area contributed by atoms with E-state index in [-0.39, 0.29) is 0 Å². The lowest BCUT2D eigenvalue weighted by Crippen LogP contribution is -2.34. The second kappa shape index (κ2) is 8.80. The summed E-state index contributed by atoms with van der Waals surface area (Å²) in [4.78, 5) is 11.5. The van der Waals surface area contributed by atoms with E-state index in [0.717, 1.165) is 44.4 Å². The SMILES string of the molecule is CC(=O)C1CCC(OC2CCC(OC3CCC(C)CC3)CC2)CC1. The molecule has 0 aliphatic heterocycles. The highest BCUT2D eigenvalue weighted by Crippen LogP contribution is 2.33. The van der Waals surface area contributed by atoms with Crippen molar-refractivity contribution in [2.45, 2.75) is 115 Å². The maximum Gasteiger partial charge on any atom is 0.132 e. The van der Waals surface area contributed by atoms with Crippen LogP contribution in [0.15, 0.2) is 0 Å². The van der Waals surface area contributed by atoms with Crippen LogP contribution in [0, 0.1) is 11.8 Å². The highest BCUT2D eigenvalue weighted by molar-refractivity contribution is 5.78. The molecule has 0 heterocycles. The van der Waals surface area contributed by atoms with Gasteiger partial charge in [0.2, 0.25) is 0 Å². The topological polar surface area (TPSA) is 35.5 Å². The maximum absolute atomic E-state index is 11.5. The first-order valence-electron chi connectivity index (χ1n) is 10.4. The molecule has 0 amide bonds. The summed E-state index contributed by atoms with van der Waals surface area (Å²) in [6, 6.07) is 0. The van der Waals surface area contributed by atoms with E-state index in [4.69, 9.17) is 9.47 Å². The molecule has 0 atom stereocenters. The Bertz CT molecular complexity index is 384. The van der Waals surface area contributed by atoms with Crippen molar-refractivity contribution in [2.75, 3.05) is 0 Å². The van der Waals surface area contributed by atoms with Crippen LogP contribution in [-0.2, 0) is 14.3 Å². The van der Waals surface area contributed by atoms with Gasteiger partial charge >= 0.3 is 0 Å². The predicted octanol–water partition coefficient (Wildman–Crippen LogP) is 5.06. The van der Waals surface area contributed by atoms with Crippen molar-refractivity contribution in [3.63, 3.8) is 0 Å². The second-order valence-electron chi connectivity index (χ2n) is 8.64. The van der Waals surface area contributed by atoms with Crippen LogP contribution in [-0.4, -0.2) is 30.2 Å². The monoisotopic (exact) mass is 336 g/mol. The molecule has 0 unspecified atom stereocenters. The summed E-state index contributed by atoms with van der Waals surface area (Å²) in [6.07, 6.45) is 15.8. The lowest BCUT2D eigenvalue weighted by Gasteiger charge is -2.36. The summed E-state index contributed by atoms with van der Waals surface area (Å²) >= 11 is 0. The van der Waals surface area contributed by atoms with E-state index in [2.05, 4.69) is 6.92 Å². The van der Waals surface area contributed by atoms with E-state index in [1.54, 1.807) is 6.92 Å². The van der Waals surface area contributed by atoms with Gasteiger partial charge in [0.05, 0.1) is 24.4 Å². The van der Waals surface area contributed by atoms with Gasteiger partial charge in [0.25, 0.3) is 0 Å². The molecular formula is C21H36O3. The fourth-order valence-corrected chi connectivity index (χ4v) is 4.82. The quantitative estimate of drug-likeness (QED) is 0.704. The molecule has 0 aromatic carbocycles. The average Bonchev–Trinajstić information content (AvgIpc) is 2.59. The first-order valence-corrected chi connectivity index (χ1v) is 10.4. The number of ether oxygens (including phenoxy) is 2. The summed E-state index contributed by atoms with van der Waals surface area (Å²) in [7, 11) is 0. The van der Waals surface area contributed by atoms with Gasteiger partial charge in [-0.05, 0) is 89.9 Å². The highest BCUT2D eigenvalue weighted by Gasteiger charge is 2.30. The first kappa shape index (κ1) is 18.4. The zero-order valence-electron chi connectivity index (χ0n) is 15.7. The first-order chi connectivity index (χ1) is 11.6.